The molecule has 0 aliphatic carbocycles. The predicted octanol–water partition coefficient (Wildman–Crippen LogP) is 3.37. The Bertz CT molecular complexity index is 898. The zero-order chi connectivity index (χ0) is 20.0. The zero-order valence-corrected chi connectivity index (χ0v) is 17.8. The van der Waals surface area contributed by atoms with Crippen LogP contribution >= 0.6 is 12.4 Å². The first kappa shape index (κ1) is 23.7. The fourth-order valence-electron chi connectivity index (χ4n) is 2.59. The van der Waals surface area contributed by atoms with E-state index in [1.165, 1.54) is 16.4 Å². The van der Waals surface area contributed by atoms with Crippen molar-refractivity contribution < 1.29 is 17.9 Å². The number of amides is 1. The number of nitrogens with one attached hydrogen (secondary N) is 1. The van der Waals surface area contributed by atoms with Crippen LogP contribution in [0.3, 0.4) is 0 Å². The second-order valence-electron chi connectivity index (χ2n) is 5.76. The minimum atomic E-state index is -3.65. The highest BCUT2D eigenvalue weighted by Gasteiger charge is 2.23. The lowest BCUT2D eigenvalue weighted by Gasteiger charge is -2.20. The summed E-state index contributed by atoms with van der Waals surface area (Å²) in [6, 6.07) is 10.9. The Hall–Kier alpha value is -2.29. The van der Waals surface area contributed by atoms with Crippen LogP contribution in [0.4, 0.5) is 11.4 Å². The lowest BCUT2D eigenvalue weighted by Crippen LogP contribution is -2.30. The van der Waals surface area contributed by atoms with Gasteiger partial charge in [-0.1, -0.05) is 13.8 Å². The lowest BCUT2D eigenvalue weighted by atomic mass is 10.2. The molecule has 0 aliphatic heterocycles. The first-order valence-corrected chi connectivity index (χ1v) is 10.2. The number of halogens is 1. The summed E-state index contributed by atoms with van der Waals surface area (Å²) in [6.45, 7) is 6.47. The van der Waals surface area contributed by atoms with E-state index in [0.717, 1.165) is 0 Å². The van der Waals surface area contributed by atoms with Crippen LogP contribution in [-0.4, -0.2) is 38.3 Å². The van der Waals surface area contributed by atoms with Crippen molar-refractivity contribution in [2.24, 2.45) is 0 Å². The Balaban J connectivity index is 0.00000392. The summed E-state index contributed by atoms with van der Waals surface area (Å²) < 4.78 is 32.4. The molecular formula is C19H26ClN3O4S. The molecule has 0 bridgehead atoms. The average molecular weight is 428 g/mol. The van der Waals surface area contributed by atoms with Gasteiger partial charge in [-0.3, -0.25) is 4.79 Å². The van der Waals surface area contributed by atoms with Gasteiger partial charge in [-0.2, -0.15) is 4.31 Å². The highest BCUT2D eigenvalue weighted by atomic mass is 35.5. The van der Waals surface area contributed by atoms with Gasteiger partial charge in [0, 0.05) is 24.3 Å². The summed E-state index contributed by atoms with van der Waals surface area (Å²) in [4.78, 5) is 12.6. The van der Waals surface area contributed by atoms with Gasteiger partial charge >= 0.3 is 0 Å². The fourth-order valence-corrected chi connectivity index (χ4v) is 4.07. The number of rotatable bonds is 8. The van der Waals surface area contributed by atoms with Gasteiger partial charge in [-0.15, -0.1) is 12.4 Å². The predicted molar refractivity (Wildman–Crippen MR) is 114 cm³/mol. The Morgan fingerprint density at radius 1 is 1.07 bits per heavy atom. The molecule has 0 aromatic heterocycles. The zero-order valence-electron chi connectivity index (χ0n) is 16.1. The van der Waals surface area contributed by atoms with E-state index >= 15 is 0 Å². The molecule has 0 saturated carbocycles. The van der Waals surface area contributed by atoms with E-state index in [-0.39, 0.29) is 23.2 Å². The van der Waals surface area contributed by atoms with Gasteiger partial charge in [0.1, 0.15) is 5.75 Å². The summed E-state index contributed by atoms with van der Waals surface area (Å²) in [5, 5.41) is 2.73. The van der Waals surface area contributed by atoms with Gasteiger partial charge in [-0.05, 0) is 49.4 Å². The quantitative estimate of drug-likeness (QED) is 0.629. The highest BCUT2D eigenvalue weighted by molar-refractivity contribution is 7.89. The lowest BCUT2D eigenvalue weighted by molar-refractivity contribution is 0.102. The van der Waals surface area contributed by atoms with Crippen LogP contribution in [0.5, 0.6) is 5.75 Å². The normalized spacial score (nSPS) is 11.0. The first-order valence-electron chi connectivity index (χ1n) is 8.77. The number of hydrogen-bond donors (Lipinski definition) is 2. The molecule has 2 aromatic rings. The van der Waals surface area contributed by atoms with Gasteiger partial charge in [0.15, 0.2) is 0 Å². The third-order valence-corrected chi connectivity index (χ3v) is 6.06. The summed E-state index contributed by atoms with van der Waals surface area (Å²) in [7, 11) is -3.65. The minimum Gasteiger partial charge on any atom is -0.492 e. The summed E-state index contributed by atoms with van der Waals surface area (Å²) >= 11 is 0. The number of nitrogen functional groups attached to an aromatic ring is 1. The third kappa shape index (κ3) is 5.37. The van der Waals surface area contributed by atoms with Gasteiger partial charge in [-0.25, -0.2) is 8.42 Å². The molecule has 0 saturated heterocycles. The molecule has 28 heavy (non-hydrogen) atoms. The Labute approximate surface area is 172 Å². The second kappa shape index (κ2) is 10.3. The maximum absolute atomic E-state index is 12.8. The average Bonchev–Trinajstić information content (AvgIpc) is 2.64. The van der Waals surface area contributed by atoms with Crippen molar-refractivity contribution in [1.82, 2.24) is 4.31 Å². The molecule has 9 heteroatoms. The van der Waals surface area contributed by atoms with Crippen molar-refractivity contribution >= 4 is 39.7 Å². The molecule has 0 spiro atoms. The molecule has 0 fully saturated rings. The number of sulfonamides is 1. The van der Waals surface area contributed by atoms with E-state index < -0.39 is 10.0 Å². The second-order valence-corrected chi connectivity index (χ2v) is 7.69. The largest absolute Gasteiger partial charge is 0.492 e. The van der Waals surface area contributed by atoms with E-state index in [1.807, 2.05) is 6.92 Å². The molecule has 7 nitrogen and oxygen atoms in total. The number of anilines is 2. The number of ether oxygens (including phenoxy) is 1. The fraction of sp³-hybridized carbons (Fsp3) is 0.316. The number of carbonyl (C=O) groups is 1. The van der Waals surface area contributed by atoms with Crippen LogP contribution in [0, 0.1) is 0 Å². The van der Waals surface area contributed by atoms with E-state index in [1.54, 1.807) is 44.2 Å². The maximum atomic E-state index is 12.8. The van der Waals surface area contributed by atoms with Gasteiger partial charge in [0.2, 0.25) is 10.0 Å². The van der Waals surface area contributed by atoms with Crippen molar-refractivity contribution in [2.45, 2.75) is 25.7 Å². The Morgan fingerprint density at radius 2 is 1.68 bits per heavy atom. The molecular weight excluding hydrogens is 402 g/mol. The summed E-state index contributed by atoms with van der Waals surface area (Å²) in [6.07, 6.45) is 0. The van der Waals surface area contributed by atoms with Crippen molar-refractivity contribution in [3.63, 3.8) is 0 Å². The van der Waals surface area contributed by atoms with Crippen molar-refractivity contribution in [3.05, 3.63) is 48.0 Å². The van der Waals surface area contributed by atoms with Crippen molar-refractivity contribution in [2.75, 3.05) is 30.7 Å². The SMILES string of the molecule is CCOc1ccc(S(=O)(=O)N(CC)CC)cc1NC(=O)c1ccc(N)cc1.Cl. The number of carbonyl (C=O) groups excluding carboxylic acids is 1. The first-order chi connectivity index (χ1) is 12.8. The highest BCUT2D eigenvalue weighted by Crippen LogP contribution is 2.29. The monoisotopic (exact) mass is 427 g/mol. The van der Waals surface area contributed by atoms with Gasteiger partial charge in [0.05, 0.1) is 17.2 Å². The molecule has 0 unspecified atom stereocenters. The molecule has 3 N–H and O–H groups in total. The number of hydrogen-bond acceptors (Lipinski definition) is 5. The number of nitrogens with two attached hydrogens (primary N) is 1. The number of benzene rings is 2. The topological polar surface area (TPSA) is 102 Å². The van der Waals surface area contributed by atoms with E-state index in [4.69, 9.17) is 10.5 Å². The molecule has 0 heterocycles. The molecule has 0 radical (unpaired) electrons. The minimum absolute atomic E-state index is 0. The summed E-state index contributed by atoms with van der Waals surface area (Å²) in [5.41, 5.74) is 6.90. The molecule has 0 atom stereocenters. The molecule has 0 aliphatic rings. The van der Waals surface area contributed by atoms with E-state index in [2.05, 4.69) is 5.32 Å². The molecule has 1 amide bonds. The molecule has 2 aromatic carbocycles. The van der Waals surface area contributed by atoms with Crippen molar-refractivity contribution in [1.29, 1.82) is 0 Å². The third-order valence-electron chi connectivity index (χ3n) is 4.02. The molecule has 2 rings (SSSR count). The Kier molecular flexibility index (Phi) is 8.74. The smallest absolute Gasteiger partial charge is 0.255 e. The van der Waals surface area contributed by atoms with E-state index in [0.29, 0.717) is 42.4 Å². The van der Waals surface area contributed by atoms with Crippen LogP contribution in [-0.2, 0) is 10.0 Å². The van der Waals surface area contributed by atoms with Gasteiger partial charge in [0.25, 0.3) is 5.91 Å². The van der Waals surface area contributed by atoms with Crippen LogP contribution in [0.15, 0.2) is 47.4 Å². The van der Waals surface area contributed by atoms with Crippen LogP contribution in [0.1, 0.15) is 31.1 Å². The summed E-state index contributed by atoms with van der Waals surface area (Å²) in [5.74, 6) is 0.0214. The van der Waals surface area contributed by atoms with E-state index in [9.17, 15) is 13.2 Å². The van der Waals surface area contributed by atoms with Crippen LogP contribution in [0.25, 0.3) is 0 Å². The number of nitrogens with zero attached hydrogens (tertiary/aromatic N) is 1. The van der Waals surface area contributed by atoms with Gasteiger partial charge < -0.3 is 15.8 Å². The van der Waals surface area contributed by atoms with Crippen LogP contribution < -0.4 is 15.8 Å². The van der Waals surface area contributed by atoms with Crippen LogP contribution in [0.2, 0.25) is 0 Å². The molecule has 154 valence electrons. The Morgan fingerprint density at radius 3 is 2.21 bits per heavy atom. The maximum Gasteiger partial charge on any atom is 0.255 e. The standard InChI is InChI=1S/C19H25N3O4S.ClH/c1-4-22(5-2)27(24,25)16-11-12-18(26-6-3)17(13-16)21-19(23)14-7-9-15(20)10-8-14;/h7-13H,4-6,20H2,1-3H3,(H,21,23);1H. The van der Waals surface area contributed by atoms with Crippen molar-refractivity contribution in [3.8, 4) is 5.75 Å².